The van der Waals surface area contributed by atoms with Crippen molar-refractivity contribution in [3.05, 3.63) is 84.8 Å². The molecule has 1 atom stereocenters. The minimum Gasteiger partial charge on any atom is -0.463 e. The summed E-state index contributed by atoms with van der Waals surface area (Å²) in [7, 11) is 0. The highest BCUT2D eigenvalue weighted by atomic mass is 16.6. The molecule has 6 heteroatoms. The summed E-state index contributed by atoms with van der Waals surface area (Å²) in [4.78, 5) is 16.0. The second kappa shape index (κ2) is 9.30. The zero-order chi connectivity index (χ0) is 19.9. The molecule has 150 valence electrons. The molecule has 0 unspecified atom stereocenters. The quantitative estimate of drug-likeness (QED) is 0.677. The Morgan fingerprint density at radius 1 is 1.00 bits per heavy atom. The van der Waals surface area contributed by atoms with Crippen LogP contribution in [0.5, 0.6) is 5.75 Å². The van der Waals surface area contributed by atoms with Gasteiger partial charge >= 0.3 is 6.09 Å². The molecule has 0 saturated carbocycles. The van der Waals surface area contributed by atoms with E-state index in [2.05, 4.69) is 34.5 Å². The molecule has 2 aromatic carbocycles. The minimum absolute atomic E-state index is 0.0475. The maximum Gasteiger partial charge on any atom is 0.412 e. The number of amides is 1. The van der Waals surface area contributed by atoms with Crippen LogP contribution in [0.2, 0.25) is 0 Å². The van der Waals surface area contributed by atoms with Crippen LogP contribution in [0, 0.1) is 0 Å². The van der Waals surface area contributed by atoms with E-state index in [1.165, 1.54) is 10.6 Å². The van der Waals surface area contributed by atoms with E-state index in [0.717, 1.165) is 31.9 Å². The fourth-order valence-electron chi connectivity index (χ4n) is 3.79. The number of anilines is 1. The van der Waals surface area contributed by atoms with E-state index in [9.17, 15) is 4.79 Å². The second-order valence-electron chi connectivity index (χ2n) is 7.13. The average molecular weight is 392 g/mol. The van der Waals surface area contributed by atoms with Gasteiger partial charge in [0.25, 0.3) is 0 Å². The number of piperazine rings is 1. The maximum atomic E-state index is 12.2. The summed E-state index contributed by atoms with van der Waals surface area (Å²) in [6, 6.07) is 23.5. The molecule has 0 radical (unpaired) electrons. The van der Waals surface area contributed by atoms with Gasteiger partial charge in [0.1, 0.15) is 5.75 Å². The van der Waals surface area contributed by atoms with Crippen LogP contribution >= 0.6 is 0 Å². The van der Waals surface area contributed by atoms with E-state index in [1.54, 1.807) is 18.4 Å². The number of furan rings is 1. The third kappa shape index (κ3) is 4.97. The van der Waals surface area contributed by atoms with Crippen LogP contribution in [0.1, 0.15) is 11.8 Å². The van der Waals surface area contributed by atoms with Crippen molar-refractivity contribution in [3.63, 3.8) is 0 Å². The van der Waals surface area contributed by atoms with E-state index in [4.69, 9.17) is 9.15 Å². The molecule has 0 bridgehead atoms. The van der Waals surface area contributed by atoms with Crippen LogP contribution in [0.3, 0.4) is 0 Å². The molecule has 1 aromatic heterocycles. The number of carbonyl (C=O) groups is 1. The van der Waals surface area contributed by atoms with Crippen molar-refractivity contribution in [2.24, 2.45) is 0 Å². The summed E-state index contributed by atoms with van der Waals surface area (Å²) < 4.78 is 11.0. The van der Waals surface area contributed by atoms with Crippen LogP contribution in [0.4, 0.5) is 10.5 Å². The average Bonchev–Trinajstić information content (AvgIpc) is 3.30. The topological polar surface area (TPSA) is 59.2 Å². The SMILES string of the molecule is O=C(NC[C@@H](c1ccco1)[NH+]1CCN(c2ccccc2)CC1)Oc1ccccc1. The van der Waals surface area contributed by atoms with E-state index in [0.29, 0.717) is 12.3 Å². The Hall–Kier alpha value is -3.25. The molecule has 0 aliphatic carbocycles. The normalized spacial score (nSPS) is 15.7. The summed E-state index contributed by atoms with van der Waals surface area (Å²) in [6.45, 7) is 4.32. The highest BCUT2D eigenvalue weighted by Gasteiger charge is 2.31. The van der Waals surface area contributed by atoms with Crippen LogP contribution in [-0.2, 0) is 0 Å². The fraction of sp³-hybridized carbons (Fsp3) is 0.261. The van der Waals surface area contributed by atoms with Crippen molar-refractivity contribution >= 4 is 11.8 Å². The number of carbonyl (C=O) groups excluding carboxylic acids is 1. The molecule has 1 aliphatic heterocycles. The molecule has 1 fully saturated rings. The molecule has 0 spiro atoms. The number of para-hydroxylation sites is 2. The van der Waals surface area contributed by atoms with Gasteiger partial charge in [-0.3, -0.25) is 0 Å². The van der Waals surface area contributed by atoms with Gasteiger partial charge in [-0.05, 0) is 36.4 Å². The van der Waals surface area contributed by atoms with Crippen LogP contribution in [0.25, 0.3) is 0 Å². The predicted molar refractivity (Wildman–Crippen MR) is 111 cm³/mol. The molecule has 4 rings (SSSR count). The van der Waals surface area contributed by atoms with Crippen molar-refractivity contribution in [2.75, 3.05) is 37.6 Å². The predicted octanol–water partition coefficient (Wildman–Crippen LogP) is 2.51. The van der Waals surface area contributed by atoms with Crippen molar-refractivity contribution < 1.29 is 18.8 Å². The van der Waals surface area contributed by atoms with Crippen molar-refractivity contribution in [3.8, 4) is 5.75 Å². The summed E-state index contributed by atoms with van der Waals surface area (Å²) >= 11 is 0. The zero-order valence-electron chi connectivity index (χ0n) is 16.3. The lowest BCUT2D eigenvalue weighted by Crippen LogP contribution is -3.15. The monoisotopic (exact) mass is 392 g/mol. The minimum atomic E-state index is -0.449. The molecule has 1 aliphatic rings. The number of quaternary nitrogens is 1. The Bertz CT molecular complexity index is 876. The van der Waals surface area contributed by atoms with Gasteiger partial charge in [0.05, 0.1) is 39.0 Å². The van der Waals surface area contributed by atoms with Gasteiger partial charge < -0.3 is 24.3 Å². The second-order valence-corrected chi connectivity index (χ2v) is 7.13. The number of nitrogens with zero attached hydrogens (tertiary/aromatic N) is 1. The van der Waals surface area contributed by atoms with E-state index < -0.39 is 6.09 Å². The standard InChI is InChI=1S/C23H25N3O3/c27-23(29-20-10-5-2-6-11-20)24-18-21(22-12-7-17-28-22)26-15-13-25(14-16-26)19-8-3-1-4-9-19/h1-12,17,21H,13-16,18H2,(H,24,27)/p+1/t21-/m0/s1. The number of benzene rings is 2. The molecule has 29 heavy (non-hydrogen) atoms. The van der Waals surface area contributed by atoms with Gasteiger partial charge in [0.15, 0.2) is 11.8 Å². The van der Waals surface area contributed by atoms with Crippen LogP contribution < -0.4 is 19.9 Å². The Morgan fingerprint density at radius 2 is 1.69 bits per heavy atom. The van der Waals surface area contributed by atoms with Gasteiger partial charge in [-0.25, -0.2) is 4.79 Å². The Morgan fingerprint density at radius 3 is 2.34 bits per heavy atom. The van der Waals surface area contributed by atoms with E-state index >= 15 is 0 Å². The smallest absolute Gasteiger partial charge is 0.412 e. The molecule has 2 N–H and O–H groups in total. The fourth-order valence-corrected chi connectivity index (χ4v) is 3.79. The van der Waals surface area contributed by atoms with Crippen molar-refractivity contribution in [1.29, 1.82) is 0 Å². The maximum absolute atomic E-state index is 12.2. The van der Waals surface area contributed by atoms with Crippen LogP contribution in [-0.4, -0.2) is 38.8 Å². The molecule has 3 aromatic rings. The summed E-state index contributed by atoms with van der Waals surface area (Å²) in [5.41, 5.74) is 1.26. The van der Waals surface area contributed by atoms with Crippen LogP contribution in [0.15, 0.2) is 83.5 Å². The summed E-state index contributed by atoms with van der Waals surface area (Å²) in [6.07, 6.45) is 1.24. The molecule has 2 heterocycles. The van der Waals surface area contributed by atoms with E-state index in [1.807, 2.05) is 36.4 Å². The first-order chi connectivity index (χ1) is 14.3. The Balaban J connectivity index is 1.36. The lowest BCUT2D eigenvalue weighted by atomic mass is 10.1. The number of rotatable bonds is 6. The number of nitrogens with one attached hydrogen (secondary N) is 2. The summed E-state index contributed by atoms with van der Waals surface area (Å²) in [5.74, 6) is 1.41. The molecule has 6 nitrogen and oxygen atoms in total. The third-order valence-corrected chi connectivity index (χ3v) is 5.31. The lowest BCUT2D eigenvalue weighted by Gasteiger charge is -2.37. The first-order valence-electron chi connectivity index (χ1n) is 9.98. The Labute approximate surface area is 170 Å². The molecule has 1 amide bonds. The van der Waals surface area contributed by atoms with Gasteiger partial charge in [0.2, 0.25) is 0 Å². The van der Waals surface area contributed by atoms with Gasteiger partial charge in [-0.15, -0.1) is 0 Å². The van der Waals surface area contributed by atoms with Crippen molar-refractivity contribution in [2.45, 2.75) is 6.04 Å². The Kier molecular flexibility index (Phi) is 6.12. The van der Waals surface area contributed by atoms with Gasteiger partial charge in [-0.2, -0.15) is 0 Å². The molecular formula is C23H26N3O3+. The highest BCUT2D eigenvalue weighted by molar-refractivity contribution is 5.70. The van der Waals surface area contributed by atoms with E-state index in [-0.39, 0.29) is 6.04 Å². The van der Waals surface area contributed by atoms with Gasteiger partial charge in [0, 0.05) is 5.69 Å². The first-order valence-corrected chi connectivity index (χ1v) is 9.98. The largest absolute Gasteiger partial charge is 0.463 e. The van der Waals surface area contributed by atoms with Crippen molar-refractivity contribution in [1.82, 2.24) is 5.32 Å². The number of ether oxygens (including phenoxy) is 1. The molecule has 1 saturated heterocycles. The molecular weight excluding hydrogens is 366 g/mol. The summed E-state index contributed by atoms with van der Waals surface area (Å²) in [5, 5.41) is 2.90. The van der Waals surface area contributed by atoms with Gasteiger partial charge in [-0.1, -0.05) is 36.4 Å². The number of hydrogen-bond donors (Lipinski definition) is 2. The lowest BCUT2D eigenvalue weighted by molar-refractivity contribution is -0.932. The zero-order valence-corrected chi connectivity index (χ0v) is 16.3. The first kappa shape index (κ1) is 19.1. The number of hydrogen-bond acceptors (Lipinski definition) is 4. The highest BCUT2D eigenvalue weighted by Crippen LogP contribution is 2.15. The third-order valence-electron chi connectivity index (χ3n) is 5.31.